The fourth-order valence-corrected chi connectivity index (χ4v) is 3.02. The molecule has 7 heteroatoms. The van der Waals surface area contributed by atoms with Crippen LogP contribution in [0.25, 0.3) is 0 Å². The second kappa shape index (κ2) is 6.26. The first-order valence-electron chi connectivity index (χ1n) is 6.81. The van der Waals surface area contributed by atoms with E-state index in [1.807, 2.05) is 6.92 Å². The summed E-state index contributed by atoms with van der Waals surface area (Å²) in [4.78, 5) is 35.6. The first-order chi connectivity index (χ1) is 9.97. The summed E-state index contributed by atoms with van der Waals surface area (Å²) in [6.07, 6.45) is 1.09. The highest BCUT2D eigenvalue weighted by molar-refractivity contribution is 7.16. The lowest BCUT2D eigenvalue weighted by Gasteiger charge is -2.05. The van der Waals surface area contributed by atoms with Crippen molar-refractivity contribution in [2.75, 3.05) is 11.9 Å². The molecule has 1 saturated carbocycles. The Labute approximate surface area is 126 Å². The largest absolute Gasteiger partial charge is 0.481 e. The van der Waals surface area contributed by atoms with Crippen LogP contribution >= 0.6 is 11.3 Å². The second-order valence-electron chi connectivity index (χ2n) is 4.81. The van der Waals surface area contributed by atoms with Crippen LogP contribution < -0.4 is 5.32 Å². The minimum Gasteiger partial charge on any atom is -0.481 e. The molecule has 6 nitrogen and oxygen atoms in total. The molecular weight excluding hydrogens is 294 g/mol. The summed E-state index contributed by atoms with van der Waals surface area (Å²) in [5.41, 5.74) is 0.333. The Morgan fingerprint density at radius 2 is 2.10 bits per heavy atom. The summed E-state index contributed by atoms with van der Waals surface area (Å²) < 4.78 is 4.97. The second-order valence-corrected chi connectivity index (χ2v) is 5.94. The number of carboxylic acid groups (broad SMARTS) is 1. The van der Waals surface area contributed by atoms with E-state index in [-0.39, 0.29) is 12.5 Å². The van der Waals surface area contributed by atoms with E-state index in [1.165, 1.54) is 11.3 Å². The Morgan fingerprint density at radius 1 is 1.38 bits per heavy atom. The number of carbonyl (C=O) groups excluding carboxylic acids is 2. The lowest BCUT2D eigenvalue weighted by atomic mass is 10.2. The van der Waals surface area contributed by atoms with Crippen LogP contribution in [-0.4, -0.2) is 29.6 Å². The van der Waals surface area contributed by atoms with Crippen LogP contribution in [0, 0.1) is 11.8 Å². The maximum absolute atomic E-state index is 12.0. The molecule has 0 radical (unpaired) electrons. The van der Waals surface area contributed by atoms with Gasteiger partial charge in [-0.25, -0.2) is 4.79 Å². The normalized spacial score (nSPS) is 19.9. The van der Waals surface area contributed by atoms with Crippen molar-refractivity contribution in [1.29, 1.82) is 0 Å². The molecule has 1 aromatic heterocycles. The predicted molar refractivity (Wildman–Crippen MR) is 77.5 cm³/mol. The minimum absolute atomic E-state index is 0.257. The van der Waals surface area contributed by atoms with Crippen molar-refractivity contribution in [3.05, 3.63) is 16.5 Å². The number of amides is 1. The Kier molecular flexibility index (Phi) is 4.62. The molecule has 1 amide bonds. The molecule has 0 spiro atoms. The van der Waals surface area contributed by atoms with Gasteiger partial charge in [0.15, 0.2) is 0 Å². The molecule has 2 atom stereocenters. The molecule has 2 unspecified atom stereocenters. The lowest BCUT2D eigenvalue weighted by Crippen LogP contribution is -2.18. The maximum atomic E-state index is 12.0. The molecule has 0 aliphatic heterocycles. The standard InChI is InChI=1S/C14H17NO5S/c1-3-7-5-10(14(19)20-4-2)12(21-7)15-11(16)8-6-9(8)13(17)18/h5,8-9H,3-4,6H2,1-2H3,(H,15,16)(H,17,18). The molecule has 2 N–H and O–H groups in total. The average Bonchev–Trinajstić information content (AvgIpc) is 3.15. The number of carbonyl (C=O) groups is 3. The van der Waals surface area contributed by atoms with Crippen molar-refractivity contribution in [2.45, 2.75) is 26.7 Å². The lowest BCUT2D eigenvalue weighted by molar-refractivity contribution is -0.139. The van der Waals surface area contributed by atoms with Crippen molar-refractivity contribution >= 4 is 34.2 Å². The van der Waals surface area contributed by atoms with E-state index < -0.39 is 23.8 Å². The SMILES string of the molecule is CCOC(=O)c1cc(CC)sc1NC(=O)C1CC1C(=O)O. The Morgan fingerprint density at radius 3 is 2.62 bits per heavy atom. The molecule has 0 bridgehead atoms. The maximum Gasteiger partial charge on any atom is 0.341 e. The van der Waals surface area contributed by atoms with Gasteiger partial charge in [-0.05, 0) is 25.8 Å². The fourth-order valence-electron chi connectivity index (χ4n) is 2.03. The number of anilines is 1. The Bertz CT molecular complexity index is 580. The van der Waals surface area contributed by atoms with Crippen LogP contribution in [-0.2, 0) is 20.7 Å². The van der Waals surface area contributed by atoms with E-state index in [2.05, 4.69) is 5.32 Å². The summed E-state index contributed by atoms with van der Waals surface area (Å²) >= 11 is 1.32. The smallest absolute Gasteiger partial charge is 0.341 e. The van der Waals surface area contributed by atoms with Crippen molar-refractivity contribution in [3.63, 3.8) is 0 Å². The van der Waals surface area contributed by atoms with Crippen molar-refractivity contribution in [2.24, 2.45) is 11.8 Å². The van der Waals surface area contributed by atoms with Crippen molar-refractivity contribution < 1.29 is 24.2 Å². The van der Waals surface area contributed by atoms with Gasteiger partial charge < -0.3 is 15.2 Å². The third-order valence-electron chi connectivity index (χ3n) is 3.31. The van der Waals surface area contributed by atoms with Gasteiger partial charge in [-0.2, -0.15) is 0 Å². The first-order valence-corrected chi connectivity index (χ1v) is 7.63. The molecule has 21 heavy (non-hydrogen) atoms. The molecule has 1 aliphatic rings. The highest BCUT2D eigenvalue weighted by Crippen LogP contribution is 2.40. The molecular formula is C14H17NO5S. The predicted octanol–water partition coefficient (Wildman–Crippen LogP) is 2.15. The van der Waals surface area contributed by atoms with Crippen LogP contribution in [0.3, 0.4) is 0 Å². The van der Waals surface area contributed by atoms with Crippen LogP contribution in [0.4, 0.5) is 5.00 Å². The summed E-state index contributed by atoms with van der Waals surface area (Å²) in [6.45, 7) is 3.92. The van der Waals surface area contributed by atoms with E-state index in [0.29, 0.717) is 17.0 Å². The number of aliphatic carboxylic acids is 1. The molecule has 1 aliphatic carbocycles. The van der Waals surface area contributed by atoms with E-state index >= 15 is 0 Å². The molecule has 114 valence electrons. The zero-order chi connectivity index (χ0) is 15.6. The van der Waals surface area contributed by atoms with Gasteiger partial charge in [0.05, 0.1) is 24.0 Å². The first kappa shape index (κ1) is 15.5. The zero-order valence-electron chi connectivity index (χ0n) is 11.8. The summed E-state index contributed by atoms with van der Waals surface area (Å²) in [7, 11) is 0. The Balaban J connectivity index is 2.12. The van der Waals surface area contributed by atoms with Gasteiger partial charge >= 0.3 is 11.9 Å². The molecule has 2 rings (SSSR count). The van der Waals surface area contributed by atoms with Gasteiger partial charge in [0.25, 0.3) is 0 Å². The fraction of sp³-hybridized carbons (Fsp3) is 0.500. The minimum atomic E-state index is -0.957. The van der Waals surface area contributed by atoms with Crippen LogP contribution in [0.1, 0.15) is 35.5 Å². The number of nitrogens with one attached hydrogen (secondary N) is 1. The van der Waals surface area contributed by atoms with E-state index in [9.17, 15) is 14.4 Å². The van der Waals surface area contributed by atoms with Crippen LogP contribution in [0.2, 0.25) is 0 Å². The van der Waals surface area contributed by atoms with Crippen LogP contribution in [0.15, 0.2) is 6.07 Å². The van der Waals surface area contributed by atoms with Gasteiger partial charge in [0, 0.05) is 4.88 Å². The average molecular weight is 311 g/mol. The highest BCUT2D eigenvalue weighted by atomic mass is 32.1. The molecule has 0 aromatic carbocycles. The number of hydrogen-bond donors (Lipinski definition) is 2. The molecule has 1 fully saturated rings. The van der Waals surface area contributed by atoms with Gasteiger partial charge in [-0.1, -0.05) is 6.92 Å². The molecule has 0 saturated heterocycles. The summed E-state index contributed by atoms with van der Waals surface area (Å²) in [5, 5.41) is 11.9. The number of aryl methyl sites for hydroxylation is 1. The van der Waals surface area contributed by atoms with Gasteiger partial charge in [-0.3, -0.25) is 9.59 Å². The van der Waals surface area contributed by atoms with Crippen molar-refractivity contribution in [1.82, 2.24) is 0 Å². The highest BCUT2D eigenvalue weighted by Gasteiger charge is 2.48. The van der Waals surface area contributed by atoms with E-state index in [1.54, 1.807) is 13.0 Å². The number of thiophene rings is 1. The number of hydrogen-bond acceptors (Lipinski definition) is 5. The third kappa shape index (κ3) is 3.41. The summed E-state index contributed by atoms with van der Waals surface area (Å²) in [6, 6.07) is 1.71. The van der Waals surface area contributed by atoms with Gasteiger partial charge in [0.1, 0.15) is 5.00 Å². The van der Waals surface area contributed by atoms with Gasteiger partial charge in [0.2, 0.25) is 5.91 Å². The third-order valence-corrected chi connectivity index (χ3v) is 4.50. The number of esters is 1. The molecule has 1 aromatic rings. The quantitative estimate of drug-likeness (QED) is 0.785. The van der Waals surface area contributed by atoms with Crippen LogP contribution in [0.5, 0.6) is 0 Å². The number of ether oxygens (including phenoxy) is 1. The molecule has 1 heterocycles. The van der Waals surface area contributed by atoms with E-state index in [4.69, 9.17) is 9.84 Å². The zero-order valence-corrected chi connectivity index (χ0v) is 12.7. The Hall–Kier alpha value is -1.89. The summed E-state index contributed by atoms with van der Waals surface area (Å²) in [5.74, 6) is -2.90. The van der Waals surface area contributed by atoms with Gasteiger partial charge in [-0.15, -0.1) is 11.3 Å². The van der Waals surface area contributed by atoms with Crippen molar-refractivity contribution in [3.8, 4) is 0 Å². The van der Waals surface area contributed by atoms with E-state index in [0.717, 1.165) is 11.3 Å². The topological polar surface area (TPSA) is 92.7 Å². The monoisotopic (exact) mass is 311 g/mol. The number of carboxylic acids is 1. The number of rotatable bonds is 6.